The summed E-state index contributed by atoms with van der Waals surface area (Å²) in [6, 6.07) is 13.5. The van der Waals surface area contributed by atoms with Gasteiger partial charge in [-0.15, -0.1) is 0 Å². The fourth-order valence-corrected chi connectivity index (χ4v) is 5.92. The fraction of sp³-hybridized carbons (Fsp3) is 0.308. The summed E-state index contributed by atoms with van der Waals surface area (Å²) >= 11 is 0. The topological polar surface area (TPSA) is 92.3 Å². The second kappa shape index (κ2) is 10.00. The Morgan fingerprint density at radius 1 is 0.500 bits per heavy atom. The molecule has 0 atom stereocenters. The Labute approximate surface area is 203 Å². The van der Waals surface area contributed by atoms with Gasteiger partial charge >= 0.3 is 0 Å². The van der Waals surface area contributed by atoms with Crippen molar-refractivity contribution >= 4 is 20.0 Å². The Morgan fingerprint density at radius 2 is 0.765 bits per heavy atom. The Morgan fingerprint density at radius 3 is 1.03 bits per heavy atom. The molecule has 0 saturated heterocycles. The molecule has 34 heavy (non-hydrogen) atoms. The van der Waals surface area contributed by atoms with Crippen molar-refractivity contribution < 1.29 is 16.8 Å². The minimum Gasteiger partial charge on any atom is -0.207 e. The van der Waals surface area contributed by atoms with Gasteiger partial charge in [-0.25, -0.2) is 26.3 Å². The number of aryl methyl sites for hydroxylation is 2. The summed E-state index contributed by atoms with van der Waals surface area (Å²) in [5.74, 6) is 0. The summed E-state index contributed by atoms with van der Waals surface area (Å²) in [7, 11) is -7.30. The Hall–Kier alpha value is -2.52. The molecule has 8 heteroatoms. The summed E-state index contributed by atoms with van der Waals surface area (Å²) in [5.41, 5.74) is 7.56. The average molecular weight is 501 g/mol. The molecule has 3 aromatic rings. The number of nitrogens with one attached hydrogen (secondary N) is 2. The lowest BCUT2D eigenvalue weighted by Crippen LogP contribution is -2.26. The molecule has 182 valence electrons. The molecule has 0 saturated carbocycles. The normalized spacial score (nSPS) is 12.2. The zero-order chi connectivity index (χ0) is 25.3. The van der Waals surface area contributed by atoms with E-state index in [4.69, 9.17) is 0 Å². The van der Waals surface area contributed by atoms with Gasteiger partial charge in [0.2, 0.25) is 20.0 Å². The zero-order valence-electron chi connectivity index (χ0n) is 20.5. The van der Waals surface area contributed by atoms with Crippen LogP contribution in [0.1, 0.15) is 44.5 Å². The summed E-state index contributed by atoms with van der Waals surface area (Å²) in [6.45, 7) is 11.9. The molecular weight excluding hydrogens is 468 g/mol. The first-order valence-corrected chi connectivity index (χ1v) is 14.0. The van der Waals surface area contributed by atoms with E-state index < -0.39 is 20.0 Å². The van der Waals surface area contributed by atoms with Crippen LogP contribution in [0.5, 0.6) is 0 Å². The molecule has 2 N–H and O–H groups in total. The molecule has 0 aliphatic heterocycles. The first-order valence-electron chi connectivity index (χ1n) is 11.0. The summed E-state index contributed by atoms with van der Waals surface area (Å²) < 4.78 is 56.4. The third-order valence-corrected chi connectivity index (χ3v) is 9.31. The standard InChI is InChI=1S/C26H32N2O4S2/c1-17-7-11-23(12-8-17)33(29,30)27-15-25-19(3)21(5)26(22(6)20(25)4)16-28-34(31,32)24-13-9-18(2)10-14-24/h7-14,27-28H,15-16H2,1-6H3. The van der Waals surface area contributed by atoms with Crippen LogP contribution in [0, 0.1) is 41.5 Å². The molecule has 6 nitrogen and oxygen atoms in total. The van der Waals surface area contributed by atoms with Crippen molar-refractivity contribution in [1.82, 2.24) is 9.44 Å². The van der Waals surface area contributed by atoms with Crippen molar-refractivity contribution in [2.45, 2.75) is 64.4 Å². The lowest BCUT2D eigenvalue weighted by atomic mass is 9.89. The highest BCUT2D eigenvalue weighted by atomic mass is 32.2. The van der Waals surface area contributed by atoms with Crippen LogP contribution in [0.2, 0.25) is 0 Å². The van der Waals surface area contributed by atoms with E-state index in [0.717, 1.165) is 44.5 Å². The van der Waals surface area contributed by atoms with Gasteiger partial charge in [-0.1, -0.05) is 35.4 Å². The van der Waals surface area contributed by atoms with E-state index >= 15 is 0 Å². The Bertz CT molecular complexity index is 1270. The van der Waals surface area contributed by atoms with Gasteiger partial charge in [-0.05, 0) is 99.2 Å². The Balaban J connectivity index is 1.84. The molecule has 3 aromatic carbocycles. The van der Waals surface area contributed by atoms with Gasteiger partial charge in [0.1, 0.15) is 0 Å². The lowest BCUT2D eigenvalue weighted by Gasteiger charge is -2.21. The predicted molar refractivity (Wildman–Crippen MR) is 136 cm³/mol. The average Bonchev–Trinajstić information content (AvgIpc) is 2.78. The van der Waals surface area contributed by atoms with E-state index in [1.54, 1.807) is 48.5 Å². The molecule has 0 radical (unpaired) electrons. The first-order chi connectivity index (χ1) is 15.8. The highest BCUT2D eigenvalue weighted by Crippen LogP contribution is 2.27. The van der Waals surface area contributed by atoms with Crippen molar-refractivity contribution in [3.63, 3.8) is 0 Å². The molecule has 0 unspecified atom stereocenters. The van der Waals surface area contributed by atoms with Gasteiger partial charge < -0.3 is 0 Å². The minimum atomic E-state index is -3.65. The number of rotatable bonds is 8. The van der Waals surface area contributed by atoms with Gasteiger partial charge in [-0.3, -0.25) is 0 Å². The molecule has 0 spiro atoms. The van der Waals surface area contributed by atoms with Crippen molar-refractivity contribution in [3.8, 4) is 0 Å². The highest BCUT2D eigenvalue weighted by Gasteiger charge is 2.20. The quantitative estimate of drug-likeness (QED) is 0.477. The minimum absolute atomic E-state index is 0.158. The van der Waals surface area contributed by atoms with Gasteiger partial charge in [0, 0.05) is 13.1 Å². The number of hydrogen-bond acceptors (Lipinski definition) is 4. The van der Waals surface area contributed by atoms with E-state index in [-0.39, 0.29) is 22.9 Å². The van der Waals surface area contributed by atoms with Crippen LogP contribution in [-0.2, 0) is 33.1 Å². The summed E-state index contributed by atoms with van der Waals surface area (Å²) in [6.07, 6.45) is 0. The van der Waals surface area contributed by atoms with Gasteiger partial charge in [0.05, 0.1) is 9.79 Å². The molecular formula is C26H32N2O4S2. The maximum Gasteiger partial charge on any atom is 0.240 e. The van der Waals surface area contributed by atoms with Gasteiger partial charge in [0.25, 0.3) is 0 Å². The van der Waals surface area contributed by atoms with Crippen LogP contribution in [0.25, 0.3) is 0 Å². The van der Waals surface area contributed by atoms with Crippen LogP contribution >= 0.6 is 0 Å². The smallest absolute Gasteiger partial charge is 0.207 e. The van der Waals surface area contributed by atoms with Crippen LogP contribution < -0.4 is 9.44 Å². The second-order valence-electron chi connectivity index (χ2n) is 8.73. The molecule has 0 aliphatic carbocycles. The van der Waals surface area contributed by atoms with E-state index in [0.29, 0.717) is 0 Å². The zero-order valence-corrected chi connectivity index (χ0v) is 22.1. The monoisotopic (exact) mass is 500 g/mol. The van der Waals surface area contributed by atoms with E-state index in [9.17, 15) is 16.8 Å². The Kier molecular flexibility index (Phi) is 7.67. The van der Waals surface area contributed by atoms with Gasteiger partial charge in [-0.2, -0.15) is 0 Å². The third-order valence-electron chi connectivity index (χ3n) is 6.48. The lowest BCUT2D eigenvalue weighted by molar-refractivity contribution is 0.578. The summed E-state index contributed by atoms with van der Waals surface area (Å²) in [4.78, 5) is 0.452. The molecule has 0 heterocycles. The number of hydrogen-bond donors (Lipinski definition) is 2. The summed E-state index contributed by atoms with van der Waals surface area (Å²) in [5, 5.41) is 0. The SMILES string of the molecule is Cc1ccc(S(=O)(=O)NCc2c(C)c(C)c(CNS(=O)(=O)c3ccc(C)cc3)c(C)c2C)cc1. The molecule has 3 rings (SSSR count). The molecule has 0 aliphatic rings. The van der Waals surface area contributed by atoms with Crippen molar-refractivity contribution in [3.05, 3.63) is 93.0 Å². The van der Waals surface area contributed by atoms with Crippen molar-refractivity contribution in [2.24, 2.45) is 0 Å². The maximum absolute atomic E-state index is 12.8. The van der Waals surface area contributed by atoms with E-state index in [1.807, 2.05) is 41.5 Å². The predicted octanol–water partition coefficient (Wildman–Crippen LogP) is 4.49. The third kappa shape index (κ3) is 5.58. The maximum atomic E-state index is 12.8. The number of benzene rings is 3. The second-order valence-corrected chi connectivity index (χ2v) is 12.3. The van der Waals surface area contributed by atoms with Gasteiger partial charge in [0.15, 0.2) is 0 Å². The van der Waals surface area contributed by atoms with Crippen LogP contribution in [0.3, 0.4) is 0 Å². The van der Waals surface area contributed by atoms with Crippen LogP contribution in [0.15, 0.2) is 58.3 Å². The van der Waals surface area contributed by atoms with Crippen LogP contribution in [0.4, 0.5) is 0 Å². The fourth-order valence-electron chi connectivity index (χ4n) is 3.93. The van der Waals surface area contributed by atoms with E-state index in [2.05, 4.69) is 9.44 Å². The van der Waals surface area contributed by atoms with E-state index in [1.165, 1.54) is 0 Å². The largest absolute Gasteiger partial charge is 0.240 e. The van der Waals surface area contributed by atoms with Crippen LogP contribution in [-0.4, -0.2) is 16.8 Å². The molecule has 0 aromatic heterocycles. The van der Waals surface area contributed by atoms with Crippen molar-refractivity contribution in [2.75, 3.05) is 0 Å². The molecule has 0 fully saturated rings. The molecule has 0 bridgehead atoms. The highest BCUT2D eigenvalue weighted by molar-refractivity contribution is 7.89. The number of sulfonamides is 2. The first kappa shape index (κ1) is 26.1. The van der Waals surface area contributed by atoms with Crippen molar-refractivity contribution in [1.29, 1.82) is 0 Å². The molecule has 0 amide bonds.